The third-order valence-corrected chi connectivity index (χ3v) is 1.86. The molecule has 0 aliphatic rings. The van der Waals surface area contributed by atoms with Gasteiger partial charge in [0.15, 0.2) is 0 Å². The third-order valence-electron chi connectivity index (χ3n) is 1.86. The highest BCUT2D eigenvalue weighted by Gasteiger charge is 2.14. The molecule has 1 aromatic rings. The van der Waals surface area contributed by atoms with E-state index >= 15 is 0 Å². The number of pyridine rings is 1. The Bertz CT molecular complexity index is 225. The van der Waals surface area contributed by atoms with E-state index in [4.69, 9.17) is 5.73 Å². The van der Waals surface area contributed by atoms with E-state index in [2.05, 4.69) is 4.98 Å². The molecular weight excluding hydrogens is 152 g/mol. The number of aliphatic hydroxyl groups is 1. The Balaban J connectivity index is 2.71. The number of rotatable bonds is 3. The van der Waals surface area contributed by atoms with Crippen LogP contribution in [0.1, 0.15) is 25.1 Å². The van der Waals surface area contributed by atoms with Gasteiger partial charge in [-0.3, -0.25) is 4.98 Å². The molecule has 66 valence electrons. The SMILES string of the molecule is CC[C@@H](O)[C@@H](N)c1ccccn1. The molecule has 0 fully saturated rings. The van der Waals surface area contributed by atoms with Gasteiger partial charge >= 0.3 is 0 Å². The Morgan fingerprint density at radius 3 is 2.83 bits per heavy atom. The monoisotopic (exact) mass is 166 g/mol. The second kappa shape index (κ2) is 4.18. The van der Waals surface area contributed by atoms with Gasteiger partial charge in [-0.1, -0.05) is 13.0 Å². The third kappa shape index (κ3) is 2.03. The maximum Gasteiger partial charge on any atom is 0.0745 e. The van der Waals surface area contributed by atoms with E-state index < -0.39 is 6.10 Å². The molecule has 0 aromatic carbocycles. The number of nitrogens with zero attached hydrogens (tertiary/aromatic N) is 1. The van der Waals surface area contributed by atoms with E-state index in [1.54, 1.807) is 6.20 Å². The predicted octanol–water partition coefficient (Wildman–Crippen LogP) is 0.852. The molecule has 12 heavy (non-hydrogen) atoms. The first-order valence-electron chi connectivity index (χ1n) is 4.10. The quantitative estimate of drug-likeness (QED) is 0.700. The van der Waals surface area contributed by atoms with Gasteiger partial charge in [-0.15, -0.1) is 0 Å². The summed E-state index contributed by atoms with van der Waals surface area (Å²) in [5.74, 6) is 0. The largest absolute Gasteiger partial charge is 0.391 e. The van der Waals surface area contributed by atoms with Crippen LogP contribution in [-0.4, -0.2) is 16.2 Å². The van der Waals surface area contributed by atoms with E-state index in [-0.39, 0.29) is 6.04 Å². The zero-order valence-corrected chi connectivity index (χ0v) is 7.14. The van der Waals surface area contributed by atoms with Crippen LogP contribution in [0.15, 0.2) is 24.4 Å². The number of aliphatic hydroxyl groups excluding tert-OH is 1. The van der Waals surface area contributed by atoms with Crippen LogP contribution in [0.25, 0.3) is 0 Å². The lowest BCUT2D eigenvalue weighted by Gasteiger charge is -2.15. The van der Waals surface area contributed by atoms with Crippen LogP contribution in [0.4, 0.5) is 0 Å². The van der Waals surface area contributed by atoms with Gasteiger partial charge in [0.25, 0.3) is 0 Å². The summed E-state index contributed by atoms with van der Waals surface area (Å²) in [7, 11) is 0. The van der Waals surface area contributed by atoms with E-state index in [0.717, 1.165) is 5.69 Å². The Kier molecular flexibility index (Phi) is 3.19. The summed E-state index contributed by atoms with van der Waals surface area (Å²) in [6.07, 6.45) is 1.83. The molecule has 3 heteroatoms. The van der Waals surface area contributed by atoms with Crippen molar-refractivity contribution in [1.29, 1.82) is 0 Å². The number of hydrogen-bond acceptors (Lipinski definition) is 3. The van der Waals surface area contributed by atoms with E-state index in [9.17, 15) is 5.11 Å². The standard InChI is InChI=1S/C9H14N2O/c1-2-8(12)9(10)7-5-3-4-6-11-7/h3-6,8-9,12H,2,10H2,1H3/t8-,9+/m1/s1. The summed E-state index contributed by atoms with van der Waals surface area (Å²) in [4.78, 5) is 4.06. The first-order valence-corrected chi connectivity index (χ1v) is 4.10. The Hall–Kier alpha value is -0.930. The molecule has 0 amide bonds. The first-order chi connectivity index (χ1) is 5.75. The Labute approximate surface area is 72.2 Å². The Morgan fingerprint density at radius 1 is 1.58 bits per heavy atom. The van der Waals surface area contributed by atoms with Gasteiger partial charge in [0, 0.05) is 6.20 Å². The highest BCUT2D eigenvalue weighted by atomic mass is 16.3. The minimum Gasteiger partial charge on any atom is -0.391 e. The van der Waals surface area contributed by atoms with E-state index in [1.165, 1.54) is 0 Å². The van der Waals surface area contributed by atoms with Gasteiger partial charge in [0.2, 0.25) is 0 Å². The molecule has 0 aliphatic carbocycles. The second-order valence-corrected chi connectivity index (χ2v) is 2.76. The summed E-state index contributed by atoms with van der Waals surface area (Å²) < 4.78 is 0. The number of aromatic nitrogens is 1. The Morgan fingerprint density at radius 2 is 2.33 bits per heavy atom. The van der Waals surface area contributed by atoms with Crippen molar-refractivity contribution in [3.05, 3.63) is 30.1 Å². The van der Waals surface area contributed by atoms with Crippen LogP contribution in [-0.2, 0) is 0 Å². The topological polar surface area (TPSA) is 59.1 Å². The highest BCUT2D eigenvalue weighted by Crippen LogP contribution is 2.12. The molecule has 0 unspecified atom stereocenters. The van der Waals surface area contributed by atoms with Crippen LogP contribution < -0.4 is 5.73 Å². The van der Waals surface area contributed by atoms with Gasteiger partial charge in [0.1, 0.15) is 0 Å². The molecule has 3 N–H and O–H groups in total. The zero-order chi connectivity index (χ0) is 8.97. The fraction of sp³-hybridized carbons (Fsp3) is 0.444. The molecule has 1 aromatic heterocycles. The smallest absolute Gasteiger partial charge is 0.0745 e. The molecule has 0 aliphatic heterocycles. The summed E-state index contributed by atoms with van der Waals surface area (Å²) in [6, 6.07) is 5.15. The van der Waals surface area contributed by atoms with Crippen molar-refractivity contribution in [2.24, 2.45) is 5.73 Å². The number of nitrogens with two attached hydrogens (primary N) is 1. The maximum atomic E-state index is 9.41. The zero-order valence-electron chi connectivity index (χ0n) is 7.14. The minimum atomic E-state index is -0.500. The van der Waals surface area contributed by atoms with E-state index in [0.29, 0.717) is 6.42 Å². The average molecular weight is 166 g/mol. The fourth-order valence-corrected chi connectivity index (χ4v) is 1.02. The fourth-order valence-electron chi connectivity index (χ4n) is 1.02. The predicted molar refractivity (Wildman–Crippen MR) is 47.5 cm³/mol. The van der Waals surface area contributed by atoms with Crippen LogP contribution in [0, 0.1) is 0 Å². The maximum absolute atomic E-state index is 9.41. The molecule has 0 saturated heterocycles. The van der Waals surface area contributed by atoms with Crippen molar-refractivity contribution in [3.63, 3.8) is 0 Å². The van der Waals surface area contributed by atoms with Crippen molar-refractivity contribution in [1.82, 2.24) is 4.98 Å². The summed E-state index contributed by atoms with van der Waals surface area (Å²) in [6.45, 7) is 1.90. The molecule has 0 spiro atoms. The second-order valence-electron chi connectivity index (χ2n) is 2.76. The molecule has 1 rings (SSSR count). The summed E-state index contributed by atoms with van der Waals surface area (Å²) >= 11 is 0. The normalized spacial score (nSPS) is 15.6. The van der Waals surface area contributed by atoms with Gasteiger partial charge in [-0.25, -0.2) is 0 Å². The molecule has 3 nitrogen and oxygen atoms in total. The first kappa shape index (κ1) is 9.16. The van der Waals surface area contributed by atoms with E-state index in [1.807, 2.05) is 25.1 Å². The van der Waals surface area contributed by atoms with Crippen molar-refractivity contribution in [2.75, 3.05) is 0 Å². The van der Waals surface area contributed by atoms with Crippen LogP contribution in [0.2, 0.25) is 0 Å². The molecule has 1 heterocycles. The van der Waals surface area contributed by atoms with Gasteiger partial charge in [-0.2, -0.15) is 0 Å². The molecule has 0 bridgehead atoms. The van der Waals surface area contributed by atoms with Gasteiger partial charge in [-0.05, 0) is 18.6 Å². The highest BCUT2D eigenvalue weighted by molar-refractivity contribution is 5.09. The average Bonchev–Trinajstić information content (AvgIpc) is 2.17. The van der Waals surface area contributed by atoms with Gasteiger partial charge < -0.3 is 10.8 Å². The van der Waals surface area contributed by atoms with Crippen molar-refractivity contribution < 1.29 is 5.11 Å². The van der Waals surface area contributed by atoms with Crippen LogP contribution in [0.3, 0.4) is 0 Å². The lowest BCUT2D eigenvalue weighted by atomic mass is 10.1. The number of hydrogen-bond donors (Lipinski definition) is 2. The molecule has 0 radical (unpaired) electrons. The van der Waals surface area contributed by atoms with Crippen LogP contribution in [0.5, 0.6) is 0 Å². The molecule has 0 saturated carbocycles. The van der Waals surface area contributed by atoms with Crippen molar-refractivity contribution >= 4 is 0 Å². The summed E-state index contributed by atoms with van der Waals surface area (Å²) in [5, 5.41) is 9.41. The van der Waals surface area contributed by atoms with Crippen LogP contribution >= 0.6 is 0 Å². The lowest BCUT2D eigenvalue weighted by molar-refractivity contribution is 0.139. The van der Waals surface area contributed by atoms with Gasteiger partial charge in [0.05, 0.1) is 17.8 Å². The van der Waals surface area contributed by atoms with Crippen molar-refractivity contribution in [3.8, 4) is 0 Å². The lowest BCUT2D eigenvalue weighted by Crippen LogP contribution is -2.26. The summed E-state index contributed by atoms with van der Waals surface area (Å²) in [5.41, 5.74) is 6.48. The molecule has 2 atom stereocenters. The van der Waals surface area contributed by atoms with Crippen molar-refractivity contribution in [2.45, 2.75) is 25.5 Å². The minimum absolute atomic E-state index is 0.365. The molecular formula is C9H14N2O.